The number of hydrogen-bond donors (Lipinski definition) is 4. The van der Waals surface area contributed by atoms with E-state index in [0.29, 0.717) is 0 Å². The monoisotopic (exact) mass is 287 g/mol. The fourth-order valence-electron chi connectivity index (χ4n) is 1.51. The van der Waals surface area contributed by atoms with Crippen LogP contribution in [0.3, 0.4) is 0 Å². The van der Waals surface area contributed by atoms with E-state index in [9.17, 15) is 14.4 Å². The normalized spacial score (nSPS) is 12.7. The molecule has 0 saturated heterocycles. The van der Waals surface area contributed by atoms with Crippen molar-refractivity contribution < 1.29 is 19.5 Å². The van der Waals surface area contributed by atoms with Crippen LogP contribution in [0.25, 0.3) is 0 Å². The SMILES string of the molecule is CC(C)NC(=O)CCNC(=O)NC(C(=O)O)C(C)(C)C. The summed E-state index contributed by atoms with van der Waals surface area (Å²) in [5.74, 6) is -1.25. The first kappa shape index (κ1) is 18.2. The maximum atomic E-state index is 11.6. The number of nitrogens with one attached hydrogen (secondary N) is 3. The quantitative estimate of drug-likeness (QED) is 0.576. The Morgan fingerprint density at radius 3 is 2.05 bits per heavy atom. The summed E-state index contributed by atoms with van der Waals surface area (Å²) >= 11 is 0. The summed E-state index contributed by atoms with van der Waals surface area (Å²) in [6.07, 6.45) is 0.152. The molecule has 3 amide bonds. The largest absolute Gasteiger partial charge is 0.480 e. The molecule has 7 heteroatoms. The van der Waals surface area contributed by atoms with Crippen molar-refractivity contribution in [3.05, 3.63) is 0 Å². The fraction of sp³-hybridized carbons (Fsp3) is 0.769. The first-order valence-corrected chi connectivity index (χ1v) is 6.60. The van der Waals surface area contributed by atoms with Gasteiger partial charge in [-0.2, -0.15) is 0 Å². The smallest absolute Gasteiger partial charge is 0.326 e. The third kappa shape index (κ3) is 7.60. The highest BCUT2D eigenvalue weighted by Crippen LogP contribution is 2.19. The topological polar surface area (TPSA) is 108 Å². The lowest BCUT2D eigenvalue weighted by atomic mass is 9.87. The molecule has 0 aliphatic carbocycles. The van der Waals surface area contributed by atoms with E-state index in [4.69, 9.17) is 5.11 Å². The molecule has 0 aromatic heterocycles. The van der Waals surface area contributed by atoms with Crippen LogP contribution in [0, 0.1) is 5.41 Å². The summed E-state index contributed by atoms with van der Waals surface area (Å²) in [4.78, 5) is 34.0. The number of carboxylic acid groups (broad SMARTS) is 1. The van der Waals surface area contributed by atoms with E-state index in [2.05, 4.69) is 16.0 Å². The standard InChI is InChI=1S/C13H25N3O4/c1-8(2)15-9(17)6-7-14-12(20)16-10(11(18)19)13(3,4)5/h8,10H,6-7H2,1-5H3,(H,15,17)(H,18,19)(H2,14,16,20). The van der Waals surface area contributed by atoms with Gasteiger partial charge in [-0.25, -0.2) is 9.59 Å². The minimum absolute atomic E-state index is 0.0496. The van der Waals surface area contributed by atoms with Gasteiger partial charge in [-0.3, -0.25) is 4.79 Å². The molecule has 0 aliphatic rings. The van der Waals surface area contributed by atoms with Gasteiger partial charge in [0.05, 0.1) is 0 Å². The van der Waals surface area contributed by atoms with E-state index >= 15 is 0 Å². The summed E-state index contributed by atoms with van der Waals surface area (Å²) < 4.78 is 0. The van der Waals surface area contributed by atoms with E-state index in [0.717, 1.165) is 0 Å². The predicted octanol–water partition coefficient (Wildman–Crippen LogP) is 0.700. The zero-order chi connectivity index (χ0) is 15.9. The van der Waals surface area contributed by atoms with E-state index < -0.39 is 23.5 Å². The van der Waals surface area contributed by atoms with Gasteiger partial charge < -0.3 is 21.1 Å². The highest BCUT2D eigenvalue weighted by atomic mass is 16.4. The van der Waals surface area contributed by atoms with Crippen molar-refractivity contribution in [2.75, 3.05) is 6.54 Å². The lowest BCUT2D eigenvalue weighted by Gasteiger charge is -2.27. The molecule has 1 atom stereocenters. The molecular formula is C13H25N3O4. The van der Waals surface area contributed by atoms with Crippen LogP contribution in [0.2, 0.25) is 0 Å². The molecule has 0 aromatic rings. The zero-order valence-electron chi connectivity index (χ0n) is 12.7. The van der Waals surface area contributed by atoms with Crippen molar-refractivity contribution in [1.82, 2.24) is 16.0 Å². The summed E-state index contributed by atoms with van der Waals surface area (Å²) in [6, 6.07) is -1.54. The molecular weight excluding hydrogens is 262 g/mol. The Labute approximate surface area is 119 Å². The predicted molar refractivity (Wildman–Crippen MR) is 75.3 cm³/mol. The summed E-state index contributed by atoms with van der Waals surface area (Å²) in [5.41, 5.74) is -0.599. The first-order chi connectivity index (χ1) is 9.04. The summed E-state index contributed by atoms with van der Waals surface area (Å²) in [6.45, 7) is 9.02. The molecule has 116 valence electrons. The highest BCUT2D eigenvalue weighted by Gasteiger charge is 2.32. The van der Waals surface area contributed by atoms with Crippen molar-refractivity contribution >= 4 is 17.9 Å². The summed E-state index contributed by atoms with van der Waals surface area (Å²) in [7, 11) is 0. The van der Waals surface area contributed by atoms with Gasteiger partial charge in [0.2, 0.25) is 5.91 Å². The van der Waals surface area contributed by atoms with Crippen molar-refractivity contribution in [3.63, 3.8) is 0 Å². The Morgan fingerprint density at radius 1 is 1.10 bits per heavy atom. The molecule has 0 aliphatic heterocycles. The molecule has 20 heavy (non-hydrogen) atoms. The van der Waals surface area contributed by atoms with Gasteiger partial charge in [0.1, 0.15) is 6.04 Å². The van der Waals surface area contributed by atoms with Crippen molar-refractivity contribution in [3.8, 4) is 0 Å². The average molecular weight is 287 g/mol. The molecule has 0 saturated carbocycles. The first-order valence-electron chi connectivity index (χ1n) is 6.60. The maximum absolute atomic E-state index is 11.6. The van der Waals surface area contributed by atoms with Crippen LogP contribution in [0.15, 0.2) is 0 Å². The minimum Gasteiger partial charge on any atom is -0.480 e. The van der Waals surface area contributed by atoms with Crippen LogP contribution < -0.4 is 16.0 Å². The zero-order valence-corrected chi connectivity index (χ0v) is 12.7. The molecule has 4 N–H and O–H groups in total. The highest BCUT2D eigenvalue weighted by molar-refractivity contribution is 5.83. The van der Waals surface area contributed by atoms with E-state index in [1.54, 1.807) is 20.8 Å². The number of amides is 3. The van der Waals surface area contributed by atoms with E-state index in [-0.39, 0.29) is 24.9 Å². The number of rotatable bonds is 6. The van der Waals surface area contributed by atoms with Gasteiger partial charge in [0.25, 0.3) is 0 Å². The van der Waals surface area contributed by atoms with Gasteiger partial charge >= 0.3 is 12.0 Å². The molecule has 0 bridgehead atoms. The number of carboxylic acids is 1. The average Bonchev–Trinajstić information content (AvgIpc) is 2.22. The van der Waals surface area contributed by atoms with Crippen LogP contribution >= 0.6 is 0 Å². The Hall–Kier alpha value is -1.79. The van der Waals surface area contributed by atoms with Crippen LogP contribution in [-0.4, -0.2) is 41.6 Å². The Kier molecular flexibility index (Phi) is 7.02. The Morgan fingerprint density at radius 2 is 1.65 bits per heavy atom. The lowest BCUT2D eigenvalue weighted by Crippen LogP contribution is -2.52. The number of urea groups is 1. The number of carbonyl (C=O) groups is 3. The van der Waals surface area contributed by atoms with Gasteiger partial charge in [-0.1, -0.05) is 20.8 Å². The number of carbonyl (C=O) groups excluding carboxylic acids is 2. The number of hydrogen-bond acceptors (Lipinski definition) is 3. The Bertz CT molecular complexity index is 361. The third-order valence-electron chi connectivity index (χ3n) is 2.48. The van der Waals surface area contributed by atoms with Crippen molar-refractivity contribution in [1.29, 1.82) is 0 Å². The number of aliphatic carboxylic acids is 1. The molecule has 7 nitrogen and oxygen atoms in total. The van der Waals surface area contributed by atoms with Crippen LogP contribution in [0.1, 0.15) is 41.0 Å². The summed E-state index contributed by atoms with van der Waals surface area (Å²) in [5, 5.41) is 16.6. The molecule has 0 radical (unpaired) electrons. The van der Waals surface area contributed by atoms with Crippen molar-refractivity contribution in [2.24, 2.45) is 5.41 Å². The molecule has 0 rings (SSSR count). The minimum atomic E-state index is -1.09. The molecule has 1 unspecified atom stereocenters. The molecule has 0 fully saturated rings. The second-order valence-corrected chi connectivity index (χ2v) is 6.01. The lowest BCUT2D eigenvalue weighted by molar-refractivity contribution is -0.141. The second kappa shape index (κ2) is 7.72. The molecule has 0 spiro atoms. The van der Waals surface area contributed by atoms with Gasteiger partial charge in [0.15, 0.2) is 0 Å². The molecule has 0 heterocycles. The van der Waals surface area contributed by atoms with Gasteiger partial charge in [-0.15, -0.1) is 0 Å². The van der Waals surface area contributed by atoms with Crippen LogP contribution in [0.5, 0.6) is 0 Å². The second-order valence-electron chi connectivity index (χ2n) is 6.01. The van der Waals surface area contributed by atoms with Gasteiger partial charge in [0, 0.05) is 19.0 Å². The van der Waals surface area contributed by atoms with Crippen molar-refractivity contribution in [2.45, 2.75) is 53.1 Å². The fourth-order valence-corrected chi connectivity index (χ4v) is 1.51. The van der Waals surface area contributed by atoms with Gasteiger partial charge in [-0.05, 0) is 19.3 Å². The third-order valence-corrected chi connectivity index (χ3v) is 2.48. The van der Waals surface area contributed by atoms with E-state index in [1.165, 1.54) is 0 Å². The Balaban J connectivity index is 4.16. The van der Waals surface area contributed by atoms with E-state index in [1.807, 2.05) is 13.8 Å². The van der Waals surface area contributed by atoms with Crippen LogP contribution in [0.4, 0.5) is 4.79 Å². The van der Waals surface area contributed by atoms with Crippen LogP contribution in [-0.2, 0) is 9.59 Å². The maximum Gasteiger partial charge on any atom is 0.326 e. The molecule has 0 aromatic carbocycles.